The van der Waals surface area contributed by atoms with E-state index in [0.717, 1.165) is 4.90 Å². The third-order valence-electron chi connectivity index (χ3n) is 6.57. The van der Waals surface area contributed by atoms with Crippen molar-refractivity contribution in [2.24, 2.45) is 4.99 Å². The highest BCUT2D eigenvalue weighted by atomic mass is 19.4. The standard InChI is InChI=1S/C31H29F3N4O8/c32-31(33,34)27(41)36-24(26(39)40)25(44-17-20-10-4-1-5-11-20)23-16-38(30(43)46-19-22-14-8-3-9-15-22)28(35-23)37-29(42)45-18-21-12-6-2-7-13-21/h1-15,23-25H,16-19H2,(H,36,41)(H,39,40)(H,35,37,42)/t23-,24-,25-/m0/s1. The Morgan fingerprint density at radius 3 is 1.83 bits per heavy atom. The molecule has 46 heavy (non-hydrogen) atoms. The average Bonchev–Trinajstić information content (AvgIpc) is 3.46. The van der Waals surface area contributed by atoms with Crippen molar-refractivity contribution >= 4 is 30.0 Å². The van der Waals surface area contributed by atoms with E-state index in [1.54, 1.807) is 91.0 Å². The predicted octanol–water partition coefficient (Wildman–Crippen LogP) is 4.01. The molecule has 0 spiro atoms. The third kappa shape index (κ3) is 9.53. The van der Waals surface area contributed by atoms with E-state index < -0.39 is 60.9 Å². The van der Waals surface area contributed by atoms with Gasteiger partial charge in [0.25, 0.3) is 0 Å². The van der Waals surface area contributed by atoms with Crippen LogP contribution in [0.25, 0.3) is 0 Å². The minimum Gasteiger partial charge on any atom is -0.480 e. The molecule has 0 saturated heterocycles. The molecule has 1 heterocycles. The van der Waals surface area contributed by atoms with Gasteiger partial charge >= 0.3 is 30.2 Å². The third-order valence-corrected chi connectivity index (χ3v) is 6.57. The van der Waals surface area contributed by atoms with Crippen molar-refractivity contribution in [2.75, 3.05) is 6.54 Å². The lowest BCUT2D eigenvalue weighted by Gasteiger charge is -2.29. The van der Waals surface area contributed by atoms with Gasteiger partial charge in [0, 0.05) is 0 Å². The normalized spacial score (nSPS) is 15.7. The van der Waals surface area contributed by atoms with Crippen LogP contribution in [0.3, 0.4) is 0 Å². The SMILES string of the molecule is O=C(NC1=N[C@H]([C@H](OCc2ccccc2)[C@H](NC(=O)C(F)(F)F)C(=O)O)CN1C(=O)OCc1ccccc1)OCc1ccccc1. The van der Waals surface area contributed by atoms with E-state index in [1.165, 1.54) is 5.32 Å². The zero-order valence-corrected chi connectivity index (χ0v) is 24.1. The summed E-state index contributed by atoms with van der Waals surface area (Å²) in [5.74, 6) is -4.80. The molecule has 3 N–H and O–H groups in total. The van der Waals surface area contributed by atoms with E-state index in [-0.39, 0.29) is 19.8 Å². The van der Waals surface area contributed by atoms with Crippen molar-refractivity contribution < 1.29 is 51.7 Å². The van der Waals surface area contributed by atoms with Crippen molar-refractivity contribution in [1.82, 2.24) is 15.5 Å². The van der Waals surface area contributed by atoms with Gasteiger partial charge in [0.15, 0.2) is 6.04 Å². The number of amides is 3. The van der Waals surface area contributed by atoms with E-state index >= 15 is 0 Å². The Morgan fingerprint density at radius 2 is 1.33 bits per heavy atom. The maximum absolute atomic E-state index is 13.2. The van der Waals surface area contributed by atoms with E-state index in [2.05, 4.69) is 10.3 Å². The van der Waals surface area contributed by atoms with Gasteiger partial charge in [-0.1, -0.05) is 91.0 Å². The van der Waals surface area contributed by atoms with Crippen molar-refractivity contribution in [1.29, 1.82) is 0 Å². The average molecular weight is 643 g/mol. The summed E-state index contributed by atoms with van der Waals surface area (Å²) in [6.45, 7) is -1.11. The van der Waals surface area contributed by atoms with Gasteiger partial charge < -0.3 is 24.6 Å². The zero-order chi connectivity index (χ0) is 33.1. The van der Waals surface area contributed by atoms with Crippen LogP contribution in [0.1, 0.15) is 16.7 Å². The number of carbonyl (C=O) groups is 4. The Bertz CT molecular complexity index is 1530. The Hall–Kier alpha value is -5.44. The number of aliphatic carboxylic acids is 1. The molecule has 3 aromatic carbocycles. The summed E-state index contributed by atoms with van der Waals surface area (Å²) in [6.07, 6.45) is -9.21. The van der Waals surface area contributed by atoms with Crippen LogP contribution >= 0.6 is 0 Å². The second-order valence-electron chi connectivity index (χ2n) is 9.91. The van der Waals surface area contributed by atoms with Gasteiger partial charge in [-0.3, -0.25) is 10.1 Å². The van der Waals surface area contributed by atoms with E-state index in [1.807, 2.05) is 0 Å². The number of hydrogen-bond donors (Lipinski definition) is 3. The summed E-state index contributed by atoms with van der Waals surface area (Å²) in [4.78, 5) is 55.0. The molecule has 0 saturated carbocycles. The molecule has 0 fully saturated rings. The lowest BCUT2D eigenvalue weighted by atomic mass is 10.0. The number of alkyl halides is 3. The van der Waals surface area contributed by atoms with Gasteiger partial charge in [-0.15, -0.1) is 0 Å². The van der Waals surface area contributed by atoms with Crippen LogP contribution in [0.15, 0.2) is 96.0 Å². The fraction of sp³-hybridized carbons (Fsp3) is 0.258. The second kappa shape index (κ2) is 15.5. The van der Waals surface area contributed by atoms with Gasteiger partial charge in [0.1, 0.15) is 25.4 Å². The maximum atomic E-state index is 13.2. The summed E-state index contributed by atoms with van der Waals surface area (Å²) < 4.78 is 55.8. The Balaban J connectivity index is 1.60. The van der Waals surface area contributed by atoms with Crippen LogP contribution in [0.4, 0.5) is 22.8 Å². The van der Waals surface area contributed by atoms with Crippen LogP contribution in [0.2, 0.25) is 0 Å². The summed E-state index contributed by atoms with van der Waals surface area (Å²) >= 11 is 0. The highest BCUT2D eigenvalue weighted by Crippen LogP contribution is 2.22. The molecule has 3 amide bonds. The van der Waals surface area contributed by atoms with Crippen LogP contribution in [-0.4, -0.2) is 70.9 Å². The smallest absolute Gasteiger partial charge is 0.471 e. The Labute approximate surface area is 260 Å². The molecular weight excluding hydrogens is 613 g/mol. The zero-order valence-electron chi connectivity index (χ0n) is 24.1. The van der Waals surface area contributed by atoms with Crippen LogP contribution in [0, 0.1) is 0 Å². The number of halogens is 3. The minimum atomic E-state index is -5.40. The highest BCUT2D eigenvalue weighted by Gasteiger charge is 2.47. The quantitative estimate of drug-likeness (QED) is 0.284. The number of nitrogens with one attached hydrogen (secondary N) is 2. The summed E-state index contributed by atoms with van der Waals surface area (Å²) in [5.41, 5.74) is 1.81. The largest absolute Gasteiger partial charge is 0.480 e. The number of nitrogens with zero attached hydrogens (tertiary/aromatic N) is 2. The molecule has 0 unspecified atom stereocenters. The van der Waals surface area contributed by atoms with Crippen molar-refractivity contribution in [3.05, 3.63) is 108 Å². The number of alkyl carbamates (subject to hydrolysis) is 1. The lowest BCUT2D eigenvalue weighted by molar-refractivity contribution is -0.177. The van der Waals surface area contributed by atoms with Crippen LogP contribution in [0.5, 0.6) is 0 Å². The summed E-state index contributed by atoms with van der Waals surface area (Å²) in [7, 11) is 0. The molecule has 0 bridgehead atoms. The predicted molar refractivity (Wildman–Crippen MR) is 155 cm³/mol. The molecule has 1 aliphatic rings. The molecule has 0 aromatic heterocycles. The molecule has 4 rings (SSSR count). The molecule has 1 aliphatic heterocycles. The Morgan fingerprint density at radius 1 is 0.826 bits per heavy atom. The summed E-state index contributed by atoms with van der Waals surface area (Å²) in [5, 5.41) is 13.6. The number of guanidine groups is 1. The molecular formula is C31H29F3N4O8. The number of carboxylic acids is 1. The van der Waals surface area contributed by atoms with Crippen molar-refractivity contribution in [3.63, 3.8) is 0 Å². The van der Waals surface area contributed by atoms with Gasteiger partial charge in [0.05, 0.1) is 13.2 Å². The number of carboxylic acid groups (broad SMARTS) is 1. The molecule has 12 nitrogen and oxygen atoms in total. The van der Waals surface area contributed by atoms with Crippen LogP contribution < -0.4 is 10.6 Å². The topological polar surface area (TPSA) is 156 Å². The fourth-order valence-electron chi connectivity index (χ4n) is 4.33. The first kappa shape index (κ1) is 33.5. The van der Waals surface area contributed by atoms with Gasteiger partial charge in [-0.05, 0) is 16.7 Å². The van der Waals surface area contributed by atoms with E-state index in [9.17, 15) is 37.5 Å². The first-order valence-corrected chi connectivity index (χ1v) is 13.8. The fourth-order valence-corrected chi connectivity index (χ4v) is 4.33. The maximum Gasteiger partial charge on any atom is 0.471 e. The monoisotopic (exact) mass is 642 g/mol. The van der Waals surface area contributed by atoms with Gasteiger partial charge in [-0.25, -0.2) is 24.3 Å². The summed E-state index contributed by atoms with van der Waals surface area (Å²) in [6, 6.07) is 21.9. The van der Waals surface area contributed by atoms with E-state index in [4.69, 9.17) is 14.2 Å². The van der Waals surface area contributed by atoms with Crippen LogP contribution in [-0.2, 0) is 43.6 Å². The first-order chi connectivity index (χ1) is 22.0. The number of aliphatic imine (C=N–C) groups is 1. The highest BCUT2D eigenvalue weighted by molar-refractivity contribution is 6.02. The number of ether oxygens (including phenoxy) is 3. The molecule has 0 aliphatic carbocycles. The molecule has 3 aromatic rings. The number of rotatable bonds is 11. The number of hydrogen-bond acceptors (Lipinski definition) is 8. The molecule has 0 radical (unpaired) electrons. The Kier molecular flexibility index (Phi) is 11.3. The lowest BCUT2D eigenvalue weighted by Crippen LogP contribution is -2.57. The second-order valence-corrected chi connectivity index (χ2v) is 9.91. The van der Waals surface area contributed by atoms with E-state index in [0.29, 0.717) is 16.7 Å². The number of carbonyl (C=O) groups excluding carboxylic acids is 3. The molecule has 3 atom stereocenters. The molecule has 242 valence electrons. The molecule has 15 heteroatoms. The minimum absolute atomic E-state index is 0.144. The van der Waals surface area contributed by atoms with Gasteiger partial charge in [0.2, 0.25) is 5.96 Å². The first-order valence-electron chi connectivity index (χ1n) is 13.8. The van der Waals surface area contributed by atoms with Crippen molar-refractivity contribution in [3.8, 4) is 0 Å². The van der Waals surface area contributed by atoms with Crippen molar-refractivity contribution in [2.45, 2.75) is 44.2 Å². The number of benzene rings is 3. The van der Waals surface area contributed by atoms with Gasteiger partial charge in [-0.2, -0.15) is 13.2 Å².